The Morgan fingerprint density at radius 3 is 2.40 bits per heavy atom. The van der Waals surface area contributed by atoms with Gasteiger partial charge in [-0.3, -0.25) is 0 Å². The number of rotatable bonds is 1. The van der Waals surface area contributed by atoms with Crippen molar-refractivity contribution in [3.63, 3.8) is 0 Å². The highest BCUT2D eigenvalue weighted by Gasteiger charge is 1.57. The van der Waals surface area contributed by atoms with E-state index in [0.29, 0.717) is 7.73 Å². The van der Waals surface area contributed by atoms with Crippen LogP contribution in [0.2, 0.25) is 0 Å². The third kappa shape index (κ3) is 5.11. The predicted molar refractivity (Wildman–Crippen MR) is 29.4 cm³/mol. The second-order valence-electron chi connectivity index (χ2n) is 0.260. The van der Waals surface area contributed by atoms with Crippen LogP contribution in [0.5, 0.6) is 0 Å². The number of nitrogens with zero attached hydrogens (tertiary/aromatic N) is 1. The van der Waals surface area contributed by atoms with Crippen LogP contribution < -0.4 is 0 Å². The molecule has 0 fully saturated rings. The first-order valence-corrected chi connectivity index (χ1v) is 4.49. The summed E-state index contributed by atoms with van der Waals surface area (Å²) >= 11 is 10.1. The minimum Gasteiger partial charge on any atom is -0.215 e. The summed E-state index contributed by atoms with van der Waals surface area (Å²) in [5.74, 6) is 0. The molecule has 0 bridgehead atoms. The van der Waals surface area contributed by atoms with Gasteiger partial charge in [-0.25, -0.2) is 4.52 Å². The van der Waals surface area contributed by atoms with Gasteiger partial charge in [-0.2, -0.15) is 0 Å². The minimum absolute atomic E-state index is 0.111. The number of halogens is 2. The molecule has 0 aliphatic carbocycles. The summed E-state index contributed by atoms with van der Waals surface area (Å²) in [5.41, 5.74) is 0. The molecular formula is HCl2NP2. The van der Waals surface area contributed by atoms with Gasteiger partial charge in [0, 0.05) is 0 Å². The van der Waals surface area contributed by atoms with Crippen LogP contribution in [0.15, 0.2) is 4.52 Å². The molecule has 0 aromatic rings. The van der Waals surface area contributed by atoms with E-state index in [1.807, 2.05) is 0 Å². The van der Waals surface area contributed by atoms with E-state index in [-0.39, 0.29) is 8.08 Å². The molecule has 0 aromatic heterocycles. The van der Waals surface area contributed by atoms with Crippen LogP contribution >= 0.6 is 38.3 Å². The van der Waals surface area contributed by atoms with Crippen molar-refractivity contribution in [3.8, 4) is 0 Å². The standard InChI is InChI=1S/Cl2HNP2/c1-4-3-5-2/h4H. The van der Waals surface area contributed by atoms with Crippen LogP contribution in [0.4, 0.5) is 0 Å². The molecule has 0 N–H and O–H groups in total. The first-order valence-electron chi connectivity index (χ1n) is 0.782. The van der Waals surface area contributed by atoms with Crippen LogP contribution in [-0.2, 0) is 0 Å². The summed E-state index contributed by atoms with van der Waals surface area (Å²) in [6.07, 6.45) is 0. The highest BCUT2D eigenvalue weighted by atomic mass is 35.7. The maximum atomic E-state index is 5.07. The highest BCUT2D eigenvalue weighted by Crippen LogP contribution is 2.24. The Morgan fingerprint density at radius 2 is 2.40 bits per heavy atom. The average Bonchev–Trinajstić information content (AvgIpc) is 1.41. The van der Waals surface area contributed by atoms with Gasteiger partial charge in [-0.1, -0.05) is 11.2 Å². The second kappa shape index (κ2) is 5.11. The van der Waals surface area contributed by atoms with E-state index in [0.717, 1.165) is 0 Å². The number of hydrogen-bond donors (Lipinski definition) is 0. The Kier molecular flexibility index (Phi) is 6.24. The molecule has 1 unspecified atom stereocenters. The maximum absolute atomic E-state index is 5.07. The van der Waals surface area contributed by atoms with Crippen LogP contribution in [0.3, 0.4) is 0 Å². The molecule has 0 saturated carbocycles. The van der Waals surface area contributed by atoms with Gasteiger partial charge in [-0.05, 0) is 11.2 Å². The van der Waals surface area contributed by atoms with E-state index in [9.17, 15) is 0 Å². The molecule has 0 saturated heterocycles. The molecule has 0 aromatic carbocycles. The summed E-state index contributed by atoms with van der Waals surface area (Å²) in [4.78, 5) is 0. The molecular weight excluding hydrogens is 147 g/mol. The Morgan fingerprint density at radius 1 is 1.80 bits per heavy atom. The first kappa shape index (κ1) is 6.11. The zero-order valence-electron chi connectivity index (χ0n) is 2.15. The fourth-order valence-electron chi connectivity index (χ4n) is 0.0143. The topological polar surface area (TPSA) is 12.4 Å². The third-order valence-corrected chi connectivity index (χ3v) is 2.04. The smallest absolute Gasteiger partial charge is 0.118 e. The number of hydrogen-bond acceptors (Lipinski definition) is 1. The largest absolute Gasteiger partial charge is 0.215 e. The molecule has 0 aliphatic rings. The van der Waals surface area contributed by atoms with Crippen molar-refractivity contribution < 1.29 is 0 Å². The molecule has 5 heavy (non-hydrogen) atoms. The van der Waals surface area contributed by atoms with Crippen LogP contribution in [0.25, 0.3) is 0 Å². The molecule has 1 nitrogen and oxygen atoms in total. The molecule has 0 spiro atoms. The molecule has 0 heterocycles. The van der Waals surface area contributed by atoms with Crippen molar-refractivity contribution in [2.75, 3.05) is 0 Å². The first-order chi connectivity index (χ1) is 2.41. The summed E-state index contributed by atoms with van der Waals surface area (Å²) in [7, 11) is 0.618. The van der Waals surface area contributed by atoms with E-state index < -0.39 is 0 Å². The van der Waals surface area contributed by atoms with Crippen molar-refractivity contribution in [1.29, 1.82) is 0 Å². The summed E-state index contributed by atoms with van der Waals surface area (Å²) in [6, 6.07) is 0. The minimum atomic E-state index is 0.111. The second-order valence-corrected chi connectivity index (χ2v) is 2.34. The van der Waals surface area contributed by atoms with Crippen molar-refractivity contribution >= 4 is 38.3 Å². The van der Waals surface area contributed by atoms with Crippen molar-refractivity contribution in [2.45, 2.75) is 0 Å². The lowest BCUT2D eigenvalue weighted by Gasteiger charge is -1.61. The Labute approximate surface area is 43.4 Å². The normalized spacial score (nSPS) is 12.4. The van der Waals surface area contributed by atoms with E-state index in [4.69, 9.17) is 22.5 Å². The van der Waals surface area contributed by atoms with Crippen molar-refractivity contribution in [2.24, 2.45) is 4.52 Å². The van der Waals surface area contributed by atoms with Gasteiger partial charge in [0.2, 0.25) is 0 Å². The predicted octanol–water partition coefficient (Wildman–Crippen LogP) is 3.02. The summed E-state index contributed by atoms with van der Waals surface area (Å²) in [5, 5.41) is 0. The Balaban J connectivity index is 2.62. The quantitative estimate of drug-likeness (QED) is 0.506. The van der Waals surface area contributed by atoms with Crippen molar-refractivity contribution in [3.05, 3.63) is 0 Å². The lowest BCUT2D eigenvalue weighted by Crippen LogP contribution is -0.998. The van der Waals surface area contributed by atoms with Gasteiger partial charge < -0.3 is 0 Å². The summed E-state index contributed by atoms with van der Waals surface area (Å²) in [6.45, 7) is 0. The van der Waals surface area contributed by atoms with Crippen LogP contribution in [0, 0.1) is 0 Å². The van der Waals surface area contributed by atoms with E-state index in [1.54, 1.807) is 0 Å². The van der Waals surface area contributed by atoms with Crippen LogP contribution in [-0.4, -0.2) is 0 Å². The van der Waals surface area contributed by atoms with Gasteiger partial charge in [0.15, 0.2) is 0 Å². The van der Waals surface area contributed by atoms with E-state index in [1.165, 1.54) is 0 Å². The molecule has 0 radical (unpaired) electrons. The van der Waals surface area contributed by atoms with Gasteiger partial charge in [0.25, 0.3) is 0 Å². The molecule has 0 amide bonds. The molecule has 0 aliphatic heterocycles. The third-order valence-electron chi connectivity index (χ3n) is 0.0756. The average molecular weight is 148 g/mol. The zero-order chi connectivity index (χ0) is 4.12. The summed E-state index contributed by atoms with van der Waals surface area (Å²) < 4.78 is 3.50. The van der Waals surface area contributed by atoms with E-state index >= 15 is 0 Å². The lowest BCUT2D eigenvalue weighted by molar-refractivity contribution is 2.10. The monoisotopic (exact) mass is 147 g/mol. The molecule has 1 atom stereocenters. The fourth-order valence-corrected chi connectivity index (χ4v) is 1.16. The van der Waals surface area contributed by atoms with Gasteiger partial charge in [-0.15, -0.1) is 0 Å². The van der Waals surface area contributed by atoms with Crippen LogP contribution in [0.1, 0.15) is 0 Å². The lowest BCUT2D eigenvalue weighted by atomic mass is 13.9. The Hall–Kier alpha value is 1.11. The van der Waals surface area contributed by atoms with Gasteiger partial charge >= 0.3 is 0 Å². The molecule has 30 valence electrons. The SMILES string of the molecule is ClP=NPCl. The van der Waals surface area contributed by atoms with Crippen molar-refractivity contribution in [1.82, 2.24) is 0 Å². The maximum Gasteiger partial charge on any atom is 0.118 e. The van der Waals surface area contributed by atoms with E-state index in [2.05, 4.69) is 4.52 Å². The van der Waals surface area contributed by atoms with Gasteiger partial charge in [0.1, 0.15) is 15.8 Å². The zero-order valence-corrected chi connectivity index (χ0v) is 5.56. The molecule has 5 heteroatoms. The molecule has 0 rings (SSSR count). The fraction of sp³-hybridized carbons (Fsp3) is 0. The van der Waals surface area contributed by atoms with Gasteiger partial charge in [0.05, 0.1) is 0 Å². The Bertz CT molecular complexity index is 34.6. The highest BCUT2D eigenvalue weighted by molar-refractivity contribution is 7.74.